The number of piperidine rings is 1. The minimum Gasteiger partial charge on any atom is -0.483 e. The molecule has 2 aromatic rings. The molecule has 0 bridgehead atoms. The number of hydrogen-bond acceptors (Lipinski definition) is 9. The van der Waals surface area contributed by atoms with Gasteiger partial charge in [-0.2, -0.15) is 5.10 Å². The SMILES string of the molecule is CCOC(=O)C1=C(C)NC(=S)N[C@H]1c1ccccc1OCC(=O)NN=Cc1cc([N+](=O)[O-])ccc1N1CCCCC1. The lowest BCUT2D eigenvalue weighted by Crippen LogP contribution is -2.45. The van der Waals surface area contributed by atoms with E-state index in [0.29, 0.717) is 33.3 Å². The molecular weight excluding hydrogens is 548 g/mol. The van der Waals surface area contributed by atoms with Crippen molar-refractivity contribution in [2.45, 2.75) is 39.2 Å². The van der Waals surface area contributed by atoms with Gasteiger partial charge in [-0.1, -0.05) is 18.2 Å². The van der Waals surface area contributed by atoms with Crippen LogP contribution in [0.5, 0.6) is 5.75 Å². The van der Waals surface area contributed by atoms with Crippen LogP contribution in [0.2, 0.25) is 0 Å². The number of carbonyl (C=O) groups excluding carboxylic acids is 2. The second-order valence-electron chi connectivity index (χ2n) is 9.46. The zero-order valence-electron chi connectivity index (χ0n) is 22.8. The third-order valence-corrected chi connectivity index (χ3v) is 6.88. The molecule has 1 fully saturated rings. The number of nitrogens with zero attached hydrogens (tertiary/aromatic N) is 3. The maximum absolute atomic E-state index is 12.7. The highest BCUT2D eigenvalue weighted by Crippen LogP contribution is 2.33. The molecule has 1 atom stereocenters. The Kier molecular flexibility index (Phi) is 9.85. The molecule has 0 spiro atoms. The Bertz CT molecular complexity index is 1390. The molecule has 2 aliphatic heterocycles. The van der Waals surface area contributed by atoms with Crippen molar-refractivity contribution in [2.24, 2.45) is 5.10 Å². The normalized spacial score (nSPS) is 17.1. The minimum absolute atomic E-state index is 0.0593. The number of benzene rings is 2. The minimum atomic E-state index is -0.651. The number of nitro groups is 1. The number of para-hydroxylation sites is 1. The lowest BCUT2D eigenvalue weighted by Gasteiger charge is -2.30. The molecule has 4 rings (SSSR count). The van der Waals surface area contributed by atoms with Crippen LogP contribution in [0.25, 0.3) is 0 Å². The molecule has 41 heavy (non-hydrogen) atoms. The Morgan fingerprint density at radius 3 is 2.71 bits per heavy atom. The van der Waals surface area contributed by atoms with Crippen molar-refractivity contribution in [2.75, 3.05) is 31.2 Å². The Morgan fingerprint density at radius 1 is 1.22 bits per heavy atom. The maximum atomic E-state index is 12.7. The van der Waals surface area contributed by atoms with Crippen LogP contribution >= 0.6 is 12.2 Å². The van der Waals surface area contributed by atoms with Crippen LogP contribution in [0.4, 0.5) is 11.4 Å². The molecule has 2 aliphatic rings. The molecule has 216 valence electrons. The standard InChI is InChI=1S/C28H32N6O6S/c1-3-39-27(36)25-18(2)30-28(41)31-26(25)21-9-5-6-10-23(21)40-17-24(35)32-29-16-19-15-20(34(37)38)11-12-22(19)33-13-7-4-8-14-33/h5-6,9-12,15-16,26H,3-4,7-8,13-14,17H2,1-2H3,(H,32,35)(H2,30,31,41)/t26-/m0/s1. The molecule has 0 aromatic heterocycles. The molecule has 2 aromatic carbocycles. The van der Waals surface area contributed by atoms with E-state index in [-0.39, 0.29) is 18.9 Å². The lowest BCUT2D eigenvalue weighted by molar-refractivity contribution is -0.384. The van der Waals surface area contributed by atoms with E-state index < -0.39 is 22.8 Å². The highest BCUT2D eigenvalue weighted by molar-refractivity contribution is 7.80. The fourth-order valence-corrected chi connectivity index (χ4v) is 5.06. The average molecular weight is 581 g/mol. The lowest BCUT2D eigenvalue weighted by atomic mass is 9.95. The zero-order chi connectivity index (χ0) is 29.4. The van der Waals surface area contributed by atoms with Gasteiger partial charge in [0.25, 0.3) is 11.6 Å². The van der Waals surface area contributed by atoms with E-state index in [1.165, 1.54) is 18.3 Å². The van der Waals surface area contributed by atoms with Crippen molar-refractivity contribution in [1.82, 2.24) is 16.1 Å². The second kappa shape index (κ2) is 13.7. The number of hydrazone groups is 1. The summed E-state index contributed by atoms with van der Waals surface area (Å²) in [7, 11) is 0. The molecule has 0 radical (unpaired) electrons. The van der Waals surface area contributed by atoms with Crippen molar-refractivity contribution in [3.63, 3.8) is 0 Å². The first-order valence-electron chi connectivity index (χ1n) is 13.3. The van der Waals surface area contributed by atoms with Crippen molar-refractivity contribution >= 4 is 46.8 Å². The highest BCUT2D eigenvalue weighted by atomic mass is 32.1. The van der Waals surface area contributed by atoms with Gasteiger partial charge in [-0.15, -0.1) is 0 Å². The summed E-state index contributed by atoms with van der Waals surface area (Å²) in [6.45, 7) is 5.00. The van der Waals surface area contributed by atoms with Crippen LogP contribution in [0, 0.1) is 10.1 Å². The van der Waals surface area contributed by atoms with Crippen LogP contribution in [-0.2, 0) is 14.3 Å². The van der Waals surface area contributed by atoms with Crippen molar-refractivity contribution in [3.8, 4) is 5.75 Å². The Labute approximate surface area is 242 Å². The molecule has 13 heteroatoms. The number of hydrogen-bond donors (Lipinski definition) is 3. The summed E-state index contributed by atoms with van der Waals surface area (Å²) >= 11 is 5.30. The van der Waals surface area contributed by atoms with Crippen molar-refractivity contribution in [1.29, 1.82) is 0 Å². The molecule has 12 nitrogen and oxygen atoms in total. The third-order valence-electron chi connectivity index (χ3n) is 6.66. The van der Waals surface area contributed by atoms with Gasteiger partial charge in [-0.25, -0.2) is 10.2 Å². The van der Waals surface area contributed by atoms with Crippen LogP contribution in [0.15, 0.2) is 58.8 Å². The van der Waals surface area contributed by atoms with Crippen LogP contribution in [-0.4, -0.2) is 54.4 Å². The fourth-order valence-electron chi connectivity index (χ4n) is 4.79. The summed E-state index contributed by atoms with van der Waals surface area (Å²) in [4.78, 5) is 38.4. The number of nitrogens with one attached hydrogen (secondary N) is 3. The quantitative estimate of drug-likeness (QED) is 0.125. The van der Waals surface area contributed by atoms with Gasteiger partial charge in [0, 0.05) is 47.7 Å². The number of esters is 1. The monoisotopic (exact) mass is 580 g/mol. The number of allylic oxidation sites excluding steroid dienone is 1. The topological polar surface area (TPSA) is 147 Å². The third kappa shape index (κ3) is 7.37. The van der Waals surface area contributed by atoms with Gasteiger partial charge in [-0.05, 0) is 57.5 Å². The molecule has 0 unspecified atom stereocenters. The van der Waals surface area contributed by atoms with Crippen molar-refractivity contribution < 1.29 is 24.0 Å². The highest BCUT2D eigenvalue weighted by Gasteiger charge is 2.32. The number of nitro benzene ring substituents is 1. The summed E-state index contributed by atoms with van der Waals surface area (Å²) in [5.74, 6) is -0.661. The average Bonchev–Trinajstić information content (AvgIpc) is 2.96. The van der Waals surface area contributed by atoms with Gasteiger partial charge < -0.3 is 25.0 Å². The number of carbonyl (C=O) groups is 2. The summed E-state index contributed by atoms with van der Waals surface area (Å²) < 4.78 is 11.1. The first-order valence-corrected chi connectivity index (χ1v) is 13.7. The second-order valence-corrected chi connectivity index (χ2v) is 9.87. The smallest absolute Gasteiger partial charge is 0.338 e. The van der Waals surface area contributed by atoms with E-state index in [2.05, 4.69) is 26.1 Å². The number of rotatable bonds is 10. The van der Waals surface area contributed by atoms with Gasteiger partial charge in [0.2, 0.25) is 0 Å². The summed E-state index contributed by atoms with van der Waals surface area (Å²) in [5, 5.41) is 21.7. The number of thiocarbonyl (C=S) groups is 1. The Hall–Kier alpha value is -4.52. The predicted molar refractivity (Wildman–Crippen MR) is 158 cm³/mol. The van der Waals surface area contributed by atoms with Gasteiger partial charge in [0.05, 0.1) is 29.4 Å². The van der Waals surface area contributed by atoms with Gasteiger partial charge in [-0.3, -0.25) is 14.9 Å². The van der Waals surface area contributed by atoms with E-state index >= 15 is 0 Å². The van der Waals surface area contributed by atoms with E-state index in [9.17, 15) is 19.7 Å². The van der Waals surface area contributed by atoms with E-state index in [1.54, 1.807) is 44.2 Å². The van der Waals surface area contributed by atoms with E-state index in [4.69, 9.17) is 21.7 Å². The maximum Gasteiger partial charge on any atom is 0.338 e. The molecule has 1 saturated heterocycles. The summed E-state index contributed by atoms with van der Waals surface area (Å²) in [5.41, 5.74) is 5.24. The van der Waals surface area contributed by atoms with E-state index in [1.807, 2.05) is 0 Å². The molecular formula is C28H32N6O6S. The van der Waals surface area contributed by atoms with Gasteiger partial charge >= 0.3 is 5.97 Å². The Balaban J connectivity index is 1.46. The summed E-state index contributed by atoms with van der Waals surface area (Å²) in [6.07, 6.45) is 4.63. The predicted octanol–water partition coefficient (Wildman–Crippen LogP) is 3.47. The molecule has 3 N–H and O–H groups in total. The number of non-ortho nitro benzene ring substituents is 1. The number of anilines is 1. The van der Waals surface area contributed by atoms with E-state index in [0.717, 1.165) is 38.0 Å². The first kappa shape index (κ1) is 29.5. The fraction of sp³-hybridized carbons (Fsp3) is 0.357. The molecule has 0 aliphatic carbocycles. The Morgan fingerprint density at radius 2 is 1.98 bits per heavy atom. The number of amides is 1. The summed E-state index contributed by atoms with van der Waals surface area (Å²) in [6, 6.07) is 11.0. The van der Waals surface area contributed by atoms with Gasteiger partial charge in [0.15, 0.2) is 11.7 Å². The van der Waals surface area contributed by atoms with Crippen molar-refractivity contribution in [3.05, 3.63) is 75.0 Å². The largest absolute Gasteiger partial charge is 0.483 e. The molecule has 2 heterocycles. The zero-order valence-corrected chi connectivity index (χ0v) is 23.7. The van der Waals surface area contributed by atoms with Crippen LogP contribution in [0.3, 0.4) is 0 Å². The number of ether oxygens (including phenoxy) is 2. The molecule has 0 saturated carbocycles. The molecule has 1 amide bonds. The first-order chi connectivity index (χ1) is 19.8. The van der Waals surface area contributed by atoms with Gasteiger partial charge in [0.1, 0.15) is 5.75 Å². The van der Waals surface area contributed by atoms with Crippen LogP contribution < -0.4 is 25.7 Å². The van der Waals surface area contributed by atoms with Crippen LogP contribution in [0.1, 0.15) is 50.3 Å².